The molecule has 0 aromatic rings. The summed E-state index contributed by atoms with van der Waals surface area (Å²) in [5.74, 6) is -1.23. The summed E-state index contributed by atoms with van der Waals surface area (Å²) in [5.41, 5.74) is -1.12. The second-order valence-electron chi connectivity index (χ2n) is 7.47. The molecule has 6 heteroatoms. The van der Waals surface area contributed by atoms with Crippen molar-refractivity contribution in [2.24, 2.45) is 11.8 Å². The summed E-state index contributed by atoms with van der Waals surface area (Å²) in [6.45, 7) is 7.11. The van der Waals surface area contributed by atoms with Gasteiger partial charge < -0.3 is 14.6 Å². The number of rotatable bonds is 0. The van der Waals surface area contributed by atoms with Crippen LogP contribution in [0.3, 0.4) is 0 Å². The van der Waals surface area contributed by atoms with E-state index in [0.717, 1.165) is 25.9 Å². The van der Waals surface area contributed by atoms with Crippen LogP contribution in [0.2, 0.25) is 0 Å². The Morgan fingerprint density at radius 1 is 1.29 bits per heavy atom. The Morgan fingerprint density at radius 3 is 2.71 bits per heavy atom. The third kappa shape index (κ3) is 2.97. The fourth-order valence-corrected chi connectivity index (χ4v) is 4.11. The van der Waals surface area contributed by atoms with Crippen molar-refractivity contribution in [2.45, 2.75) is 57.8 Å². The summed E-state index contributed by atoms with van der Waals surface area (Å²) in [7, 11) is 0. The lowest BCUT2D eigenvalue weighted by Gasteiger charge is -2.32. The molecule has 134 valence electrons. The average Bonchev–Trinajstić information content (AvgIpc) is 3.12. The minimum Gasteiger partial charge on any atom is -0.463 e. The van der Waals surface area contributed by atoms with Crippen LogP contribution in [-0.2, 0) is 19.1 Å². The summed E-state index contributed by atoms with van der Waals surface area (Å²) in [4.78, 5) is 27.3. The molecule has 0 aromatic heterocycles. The number of carbonyl (C=O) groups excluding carboxylic acids is 2. The van der Waals surface area contributed by atoms with Gasteiger partial charge in [-0.25, -0.2) is 9.59 Å². The molecule has 0 bridgehead atoms. The van der Waals surface area contributed by atoms with Gasteiger partial charge in [-0.3, -0.25) is 4.90 Å². The van der Waals surface area contributed by atoms with E-state index in [1.54, 1.807) is 19.9 Å². The van der Waals surface area contributed by atoms with Crippen LogP contribution in [-0.4, -0.2) is 59.4 Å². The summed E-state index contributed by atoms with van der Waals surface area (Å²) in [6.07, 6.45) is 3.59. The van der Waals surface area contributed by atoms with E-state index in [-0.39, 0.29) is 37.1 Å². The summed E-state index contributed by atoms with van der Waals surface area (Å²) < 4.78 is 11.3. The lowest BCUT2D eigenvalue weighted by Crippen LogP contribution is -2.46. The monoisotopic (exact) mass is 337 g/mol. The van der Waals surface area contributed by atoms with E-state index in [4.69, 9.17) is 9.47 Å². The number of esters is 2. The molecule has 0 spiro atoms. The number of carbonyl (C=O) groups is 2. The number of hydrogen-bond donors (Lipinski definition) is 1. The Kier molecular flexibility index (Phi) is 4.71. The number of cyclic esters (lactones) is 1. The molecule has 6 nitrogen and oxygen atoms in total. The Bertz CT molecular complexity index is 556. The molecule has 3 aliphatic rings. The van der Waals surface area contributed by atoms with Gasteiger partial charge in [-0.05, 0) is 45.6 Å². The number of hydrogen-bond acceptors (Lipinski definition) is 6. The molecule has 0 aliphatic carbocycles. The molecule has 24 heavy (non-hydrogen) atoms. The van der Waals surface area contributed by atoms with E-state index in [1.165, 1.54) is 6.92 Å². The van der Waals surface area contributed by atoms with Crippen molar-refractivity contribution in [1.82, 2.24) is 4.90 Å². The second-order valence-corrected chi connectivity index (χ2v) is 7.47. The topological polar surface area (TPSA) is 76.1 Å². The van der Waals surface area contributed by atoms with Gasteiger partial charge in [0.2, 0.25) is 0 Å². The van der Waals surface area contributed by atoms with E-state index < -0.39 is 17.5 Å². The van der Waals surface area contributed by atoms with Crippen LogP contribution in [0, 0.1) is 11.8 Å². The Labute approximate surface area is 142 Å². The fourth-order valence-electron chi connectivity index (χ4n) is 4.11. The van der Waals surface area contributed by atoms with Crippen molar-refractivity contribution in [1.29, 1.82) is 0 Å². The molecule has 0 aromatic carbocycles. The highest BCUT2D eigenvalue weighted by Gasteiger charge is 2.48. The van der Waals surface area contributed by atoms with Crippen molar-refractivity contribution in [3.63, 3.8) is 0 Å². The van der Waals surface area contributed by atoms with E-state index in [2.05, 4.69) is 4.90 Å². The lowest BCUT2D eigenvalue weighted by molar-refractivity contribution is -0.172. The van der Waals surface area contributed by atoms with Gasteiger partial charge in [0.15, 0.2) is 5.60 Å². The highest BCUT2D eigenvalue weighted by molar-refractivity contribution is 5.89. The van der Waals surface area contributed by atoms with E-state index >= 15 is 0 Å². The second kappa shape index (κ2) is 6.48. The zero-order chi connectivity index (χ0) is 17.5. The van der Waals surface area contributed by atoms with E-state index in [1.807, 2.05) is 0 Å². The van der Waals surface area contributed by atoms with Crippen molar-refractivity contribution in [3.8, 4) is 0 Å². The van der Waals surface area contributed by atoms with Crippen LogP contribution in [0.1, 0.15) is 40.0 Å². The van der Waals surface area contributed by atoms with Crippen molar-refractivity contribution < 1.29 is 24.2 Å². The smallest absolute Gasteiger partial charge is 0.338 e. The first kappa shape index (κ1) is 17.4. The zero-order valence-electron chi connectivity index (χ0n) is 14.7. The third-order valence-corrected chi connectivity index (χ3v) is 5.97. The molecule has 3 heterocycles. The highest BCUT2D eigenvalue weighted by atomic mass is 16.6. The van der Waals surface area contributed by atoms with Crippen LogP contribution >= 0.6 is 0 Å². The summed E-state index contributed by atoms with van der Waals surface area (Å²) in [5, 5.41) is 10.6. The molecule has 0 radical (unpaired) electrons. The van der Waals surface area contributed by atoms with E-state index in [0.29, 0.717) is 5.57 Å². The standard InChI is InChI=1S/C18H27NO5/c1-4-12-9-11(2)18(3,22)17(21)23-10-13-5-7-19-8-6-14(15(13)19)24-16(12)20/h4,11,13-15,22H,5-10H2,1-3H3/b12-4-/t11-,13?,14?,15?,18-/m1/s1. The number of aliphatic hydroxyl groups is 1. The van der Waals surface area contributed by atoms with Gasteiger partial charge in [-0.1, -0.05) is 13.0 Å². The Balaban J connectivity index is 1.89. The molecule has 5 atom stereocenters. The molecular formula is C18H27NO5. The van der Waals surface area contributed by atoms with Gasteiger partial charge in [0.05, 0.1) is 12.6 Å². The van der Waals surface area contributed by atoms with Crippen molar-refractivity contribution in [3.05, 3.63) is 11.6 Å². The Hall–Kier alpha value is -1.40. The van der Waals surface area contributed by atoms with Crippen LogP contribution in [0.25, 0.3) is 0 Å². The first-order valence-electron chi connectivity index (χ1n) is 8.84. The largest absolute Gasteiger partial charge is 0.463 e. The Morgan fingerprint density at radius 2 is 2.00 bits per heavy atom. The molecule has 3 fully saturated rings. The van der Waals surface area contributed by atoms with Gasteiger partial charge >= 0.3 is 11.9 Å². The average molecular weight is 337 g/mol. The fraction of sp³-hybridized carbons (Fsp3) is 0.778. The SMILES string of the molecule is C/C=C1/C[C@@H](C)[C@@](C)(O)C(=O)OCC2CCN3CCC(OC1=O)C23. The number of allylic oxidation sites excluding steroid dienone is 1. The van der Waals surface area contributed by atoms with Crippen LogP contribution in [0.15, 0.2) is 11.6 Å². The van der Waals surface area contributed by atoms with Gasteiger partial charge in [0.25, 0.3) is 0 Å². The number of nitrogens with zero attached hydrogens (tertiary/aromatic N) is 1. The minimum atomic E-state index is -1.62. The summed E-state index contributed by atoms with van der Waals surface area (Å²) >= 11 is 0. The molecule has 3 rings (SSSR count). The number of ether oxygens (including phenoxy) is 2. The molecule has 0 amide bonds. The normalized spacial score (nSPS) is 42.9. The van der Waals surface area contributed by atoms with Gasteiger partial charge in [-0.2, -0.15) is 0 Å². The molecule has 3 saturated heterocycles. The van der Waals surface area contributed by atoms with Crippen molar-refractivity contribution in [2.75, 3.05) is 19.7 Å². The molecule has 3 aliphatic heterocycles. The molecule has 1 N–H and O–H groups in total. The predicted molar refractivity (Wildman–Crippen MR) is 87.1 cm³/mol. The van der Waals surface area contributed by atoms with Crippen LogP contribution in [0.4, 0.5) is 0 Å². The minimum absolute atomic E-state index is 0.113. The first-order valence-corrected chi connectivity index (χ1v) is 8.84. The maximum Gasteiger partial charge on any atom is 0.338 e. The van der Waals surface area contributed by atoms with Gasteiger partial charge in [-0.15, -0.1) is 0 Å². The lowest BCUT2D eigenvalue weighted by atomic mass is 9.85. The van der Waals surface area contributed by atoms with E-state index in [9.17, 15) is 14.7 Å². The molecule has 0 saturated carbocycles. The van der Waals surface area contributed by atoms with Crippen LogP contribution in [0.5, 0.6) is 0 Å². The molecular weight excluding hydrogens is 310 g/mol. The first-order chi connectivity index (χ1) is 11.3. The van der Waals surface area contributed by atoms with Crippen LogP contribution < -0.4 is 0 Å². The quantitative estimate of drug-likeness (QED) is 0.530. The predicted octanol–water partition coefficient (Wildman–Crippen LogP) is 1.27. The maximum atomic E-state index is 12.6. The molecule has 3 unspecified atom stereocenters. The maximum absolute atomic E-state index is 12.6. The highest BCUT2D eigenvalue weighted by Crippen LogP contribution is 2.36. The third-order valence-electron chi connectivity index (χ3n) is 5.97. The summed E-state index contributed by atoms with van der Waals surface area (Å²) in [6, 6.07) is 0.113. The van der Waals surface area contributed by atoms with Gasteiger partial charge in [0, 0.05) is 18.0 Å². The van der Waals surface area contributed by atoms with Crippen molar-refractivity contribution >= 4 is 11.9 Å². The zero-order valence-corrected chi connectivity index (χ0v) is 14.7. The van der Waals surface area contributed by atoms with Gasteiger partial charge in [0.1, 0.15) is 6.10 Å².